The monoisotopic (exact) mass is 493 g/mol. The van der Waals surface area contributed by atoms with Gasteiger partial charge in [0.25, 0.3) is 5.91 Å². The zero-order valence-corrected chi connectivity index (χ0v) is 19.7. The van der Waals surface area contributed by atoms with Crippen LogP contribution in [0.1, 0.15) is 29.7 Å². The lowest BCUT2D eigenvalue weighted by Gasteiger charge is -2.37. The molecule has 9 nitrogen and oxygen atoms in total. The Morgan fingerprint density at radius 2 is 2.11 bits per heavy atom. The number of nitrogens with zero attached hydrogens (tertiary/aromatic N) is 3. The van der Waals surface area contributed by atoms with E-state index in [1.54, 1.807) is 12.1 Å². The number of benzene rings is 1. The number of aldehydes is 1. The van der Waals surface area contributed by atoms with Crippen LogP contribution in [0.15, 0.2) is 30.3 Å². The molecule has 0 bridgehead atoms. The van der Waals surface area contributed by atoms with Gasteiger partial charge in [0.1, 0.15) is 23.7 Å². The number of ether oxygens (including phenoxy) is 1. The van der Waals surface area contributed by atoms with E-state index in [2.05, 4.69) is 20.5 Å². The Morgan fingerprint density at radius 1 is 1.28 bits per heavy atom. The van der Waals surface area contributed by atoms with Crippen LogP contribution in [-0.2, 0) is 21.7 Å². The van der Waals surface area contributed by atoms with Gasteiger partial charge in [-0.3, -0.25) is 9.69 Å². The van der Waals surface area contributed by atoms with Crippen LogP contribution in [0.4, 0.5) is 15.9 Å². The molecule has 36 heavy (non-hydrogen) atoms. The fourth-order valence-electron chi connectivity index (χ4n) is 5.73. The Bertz CT molecular complexity index is 1250. The molecule has 2 atom stereocenters. The number of rotatable bonds is 6. The maximum atomic E-state index is 15.0. The van der Waals surface area contributed by atoms with Crippen LogP contribution >= 0.6 is 0 Å². The number of aromatic nitrogens is 1. The summed E-state index contributed by atoms with van der Waals surface area (Å²) in [5.74, 6) is 0.379. The summed E-state index contributed by atoms with van der Waals surface area (Å²) in [7, 11) is 0. The second-order valence-corrected chi connectivity index (χ2v) is 9.92. The molecule has 4 aliphatic rings. The Kier molecular flexibility index (Phi) is 5.74. The second kappa shape index (κ2) is 8.95. The minimum absolute atomic E-state index is 0.00591. The van der Waals surface area contributed by atoms with Gasteiger partial charge in [-0.2, -0.15) is 0 Å². The van der Waals surface area contributed by atoms with Gasteiger partial charge in [-0.25, -0.2) is 9.37 Å². The normalized spacial score (nSPS) is 25.2. The predicted octanol–water partition coefficient (Wildman–Crippen LogP) is 1.41. The average molecular weight is 494 g/mol. The molecule has 1 amide bonds. The summed E-state index contributed by atoms with van der Waals surface area (Å²) in [6, 6.07) is 6.57. The third-order valence-electron chi connectivity index (χ3n) is 7.49. The molecular formula is C26H28FN5O4. The number of β-amino-alcohol motifs (C(OH)–C–C–N with tert-alkyl or cyclic N) is 1. The van der Waals surface area contributed by atoms with Crippen molar-refractivity contribution < 1.29 is 23.8 Å². The quantitative estimate of drug-likeness (QED) is 0.519. The first-order valence-electron chi connectivity index (χ1n) is 12.3. The fraction of sp³-hybridized carbons (Fsp3) is 0.423. The molecule has 188 valence electrons. The molecule has 0 spiro atoms. The Labute approximate surface area is 207 Å². The number of piperidine rings is 1. The van der Waals surface area contributed by atoms with E-state index in [4.69, 9.17) is 4.74 Å². The Hall–Kier alpha value is -3.34. The molecule has 2 unspecified atom stereocenters. The van der Waals surface area contributed by atoms with Crippen LogP contribution in [0.3, 0.4) is 0 Å². The number of carbonyl (C=O) groups excluding carboxylic acids is 2. The molecule has 1 aromatic heterocycles. The van der Waals surface area contributed by atoms with Gasteiger partial charge >= 0.3 is 0 Å². The first kappa shape index (κ1) is 23.1. The third kappa shape index (κ3) is 4.04. The van der Waals surface area contributed by atoms with Crippen LogP contribution in [-0.4, -0.2) is 72.1 Å². The number of nitrogens with one attached hydrogen (secondary N) is 2. The van der Waals surface area contributed by atoms with Crippen molar-refractivity contribution in [1.29, 1.82) is 0 Å². The van der Waals surface area contributed by atoms with Gasteiger partial charge in [0.05, 0.1) is 17.9 Å². The molecule has 0 saturated carbocycles. The summed E-state index contributed by atoms with van der Waals surface area (Å²) in [6.45, 7) is 2.58. The molecular weight excluding hydrogens is 465 g/mol. The molecule has 1 fully saturated rings. The second-order valence-electron chi connectivity index (χ2n) is 9.92. The maximum Gasteiger partial charge on any atom is 0.263 e. The van der Waals surface area contributed by atoms with Crippen molar-refractivity contribution in [3.05, 3.63) is 53.0 Å². The van der Waals surface area contributed by atoms with Crippen LogP contribution in [0.2, 0.25) is 0 Å². The molecule has 0 aliphatic carbocycles. The number of halogens is 1. The number of hydrogen-bond donors (Lipinski definition) is 3. The number of pyridine rings is 1. The smallest absolute Gasteiger partial charge is 0.263 e. The summed E-state index contributed by atoms with van der Waals surface area (Å²) in [5.41, 5.74) is 1.18. The zero-order valence-electron chi connectivity index (χ0n) is 19.7. The molecule has 5 heterocycles. The van der Waals surface area contributed by atoms with Crippen molar-refractivity contribution in [2.75, 3.05) is 43.0 Å². The highest BCUT2D eigenvalue weighted by Gasteiger charge is 2.48. The van der Waals surface area contributed by atoms with Crippen LogP contribution < -0.4 is 20.3 Å². The highest BCUT2D eigenvalue weighted by Crippen LogP contribution is 2.46. The van der Waals surface area contributed by atoms with E-state index in [-0.39, 0.29) is 25.1 Å². The minimum Gasteiger partial charge on any atom is -0.480 e. The number of aliphatic hydroxyl groups is 1. The number of fused-ring (bicyclic) bond motifs is 1. The number of hydrogen-bond acceptors (Lipinski definition) is 8. The summed E-state index contributed by atoms with van der Waals surface area (Å²) in [5, 5.41) is 17.9. The van der Waals surface area contributed by atoms with E-state index < -0.39 is 17.5 Å². The van der Waals surface area contributed by atoms with Gasteiger partial charge < -0.3 is 30.2 Å². The zero-order chi connectivity index (χ0) is 24.9. The van der Waals surface area contributed by atoms with Crippen molar-refractivity contribution in [2.24, 2.45) is 0 Å². The van der Waals surface area contributed by atoms with Crippen molar-refractivity contribution in [3.8, 4) is 5.75 Å². The van der Waals surface area contributed by atoms with Crippen molar-refractivity contribution in [2.45, 2.75) is 37.1 Å². The van der Waals surface area contributed by atoms with Gasteiger partial charge in [0.2, 0.25) is 0 Å². The van der Waals surface area contributed by atoms with Gasteiger partial charge in [-0.1, -0.05) is 12.2 Å². The average Bonchev–Trinajstić information content (AvgIpc) is 3.19. The van der Waals surface area contributed by atoms with E-state index in [1.165, 1.54) is 6.07 Å². The van der Waals surface area contributed by atoms with Gasteiger partial charge in [-0.05, 0) is 55.8 Å². The van der Waals surface area contributed by atoms with Crippen LogP contribution in [0.5, 0.6) is 5.75 Å². The Balaban J connectivity index is 1.08. The van der Waals surface area contributed by atoms with Crippen LogP contribution in [0, 0.1) is 5.82 Å². The van der Waals surface area contributed by atoms with E-state index in [9.17, 15) is 19.1 Å². The fourth-order valence-corrected chi connectivity index (χ4v) is 5.73. The van der Waals surface area contributed by atoms with Gasteiger partial charge in [0.15, 0.2) is 18.2 Å². The molecule has 3 N–H and O–H groups in total. The molecule has 4 aliphatic heterocycles. The standard InChI is InChI=1S/C26H28FN5O4/c27-20-5-2-16-1-4-19(12-33)32-15-26(35,23(20)24(16)32)14-31-9-7-17(8-10-31)28-11-18-3-6-21-25(29-18)30-22(34)13-36-21/h1-6,12,17,19,28,35H,7-11,13-15H2,(H,29,30,34). The van der Waals surface area contributed by atoms with E-state index in [1.807, 2.05) is 23.1 Å². The summed E-state index contributed by atoms with van der Waals surface area (Å²) in [4.78, 5) is 31.6. The number of anilines is 2. The number of amides is 1. The molecule has 0 radical (unpaired) electrons. The lowest BCUT2D eigenvalue weighted by molar-refractivity contribution is -0.118. The Morgan fingerprint density at radius 3 is 2.92 bits per heavy atom. The molecule has 1 aromatic carbocycles. The summed E-state index contributed by atoms with van der Waals surface area (Å²) in [6.07, 6.45) is 6.19. The molecule has 10 heteroatoms. The maximum absolute atomic E-state index is 15.0. The molecule has 2 aromatic rings. The highest BCUT2D eigenvalue weighted by atomic mass is 19.1. The molecule has 1 saturated heterocycles. The largest absolute Gasteiger partial charge is 0.480 e. The predicted molar refractivity (Wildman–Crippen MR) is 131 cm³/mol. The highest BCUT2D eigenvalue weighted by molar-refractivity contribution is 5.94. The number of carbonyl (C=O) groups is 2. The van der Waals surface area contributed by atoms with E-state index in [0.717, 1.165) is 43.5 Å². The number of likely N-dealkylation sites (tertiary alicyclic amines) is 1. The van der Waals surface area contributed by atoms with Crippen molar-refractivity contribution >= 4 is 29.8 Å². The lowest BCUT2D eigenvalue weighted by Crippen LogP contribution is -2.50. The van der Waals surface area contributed by atoms with Crippen molar-refractivity contribution in [3.63, 3.8) is 0 Å². The lowest BCUT2D eigenvalue weighted by atomic mass is 9.91. The SMILES string of the molecule is O=CC1C=Cc2ccc(F)c3c2N1CC3(O)CN1CCC(NCc2ccc3c(n2)NC(=O)CO3)CC1. The van der Waals surface area contributed by atoms with Crippen molar-refractivity contribution in [1.82, 2.24) is 15.2 Å². The van der Waals surface area contributed by atoms with Gasteiger partial charge in [0, 0.05) is 24.7 Å². The van der Waals surface area contributed by atoms with Gasteiger partial charge in [-0.15, -0.1) is 0 Å². The summed E-state index contributed by atoms with van der Waals surface area (Å²) >= 11 is 0. The first-order valence-corrected chi connectivity index (χ1v) is 12.3. The summed E-state index contributed by atoms with van der Waals surface area (Å²) < 4.78 is 20.3. The minimum atomic E-state index is -1.39. The van der Waals surface area contributed by atoms with E-state index >= 15 is 0 Å². The third-order valence-corrected chi connectivity index (χ3v) is 7.49. The van der Waals surface area contributed by atoms with Crippen LogP contribution in [0.25, 0.3) is 6.08 Å². The topological polar surface area (TPSA) is 107 Å². The first-order chi connectivity index (χ1) is 17.4. The molecule has 6 rings (SSSR count). The van der Waals surface area contributed by atoms with E-state index in [0.29, 0.717) is 35.9 Å².